The Morgan fingerprint density at radius 3 is 1.29 bits per heavy atom. The van der Waals surface area contributed by atoms with Crippen LogP contribution in [0, 0.1) is 0 Å². The zero-order valence-electron chi connectivity index (χ0n) is 10.8. The molecule has 17 heavy (non-hydrogen) atoms. The van der Waals surface area contributed by atoms with Gasteiger partial charge in [0, 0.05) is 0 Å². The molecule has 0 unspecified atom stereocenters. The van der Waals surface area contributed by atoms with E-state index < -0.39 is 0 Å². The van der Waals surface area contributed by atoms with Crippen LogP contribution in [0.3, 0.4) is 0 Å². The van der Waals surface area contributed by atoms with Gasteiger partial charge < -0.3 is 0 Å². The van der Waals surface area contributed by atoms with Crippen molar-refractivity contribution >= 4 is 11.4 Å². The van der Waals surface area contributed by atoms with Crippen molar-refractivity contribution in [1.82, 2.24) is 0 Å². The highest BCUT2D eigenvalue weighted by molar-refractivity contribution is 5.37. The van der Waals surface area contributed by atoms with E-state index in [2.05, 4.69) is 81.4 Å². The van der Waals surface area contributed by atoms with E-state index in [0.29, 0.717) is 0 Å². The Labute approximate surface area is 104 Å². The van der Waals surface area contributed by atoms with Crippen LogP contribution in [0.15, 0.2) is 60.7 Å². The Balaban J connectivity index is 2.48. The zero-order valence-corrected chi connectivity index (χ0v) is 10.8. The number of benzene rings is 2. The fraction of sp³-hybridized carbons (Fsp3) is 0.250. The molecule has 0 spiro atoms. The number of hydrogen-bond donors (Lipinski definition) is 1. The molecular formula is C16H20N+. The monoisotopic (exact) mass is 226 g/mol. The smallest absolute Gasteiger partial charge is 0.136 e. The Bertz CT molecular complexity index is 414. The van der Waals surface area contributed by atoms with E-state index in [1.54, 1.807) is 0 Å². The molecule has 1 heteroatoms. The maximum absolute atomic E-state index is 2.27. The Kier molecular flexibility index (Phi) is 3.30. The van der Waals surface area contributed by atoms with E-state index in [1.807, 2.05) is 0 Å². The zero-order chi connectivity index (χ0) is 12.3. The second-order valence-electron chi connectivity index (χ2n) is 5.36. The first-order valence-electron chi connectivity index (χ1n) is 6.07. The highest BCUT2D eigenvalue weighted by Gasteiger charge is 2.28. The van der Waals surface area contributed by atoms with Gasteiger partial charge in [-0.05, 0) is 45.0 Å². The lowest BCUT2D eigenvalue weighted by atomic mass is 10.0. The first-order valence-corrected chi connectivity index (χ1v) is 6.07. The number of rotatable bonds is 2. The van der Waals surface area contributed by atoms with Gasteiger partial charge in [0.15, 0.2) is 0 Å². The van der Waals surface area contributed by atoms with E-state index in [1.165, 1.54) is 16.3 Å². The number of para-hydroxylation sites is 2. The van der Waals surface area contributed by atoms with Crippen molar-refractivity contribution < 1.29 is 4.90 Å². The fourth-order valence-electron chi connectivity index (χ4n) is 2.24. The molecule has 1 N–H and O–H groups in total. The van der Waals surface area contributed by atoms with Crippen LogP contribution in [0.25, 0.3) is 0 Å². The topological polar surface area (TPSA) is 4.44 Å². The normalized spacial score (nSPS) is 11.8. The third kappa shape index (κ3) is 2.75. The minimum absolute atomic E-state index is 0.142. The molecule has 2 aromatic rings. The number of nitrogens with one attached hydrogen (secondary N) is 1. The molecule has 0 aromatic heterocycles. The maximum Gasteiger partial charge on any atom is 0.136 e. The second kappa shape index (κ2) is 4.72. The molecule has 0 bridgehead atoms. The van der Waals surface area contributed by atoms with Crippen LogP contribution in [0.1, 0.15) is 20.8 Å². The van der Waals surface area contributed by atoms with Crippen LogP contribution in [0.4, 0.5) is 11.4 Å². The maximum atomic E-state index is 2.27. The molecule has 0 saturated heterocycles. The van der Waals surface area contributed by atoms with Crippen molar-refractivity contribution in [2.75, 3.05) is 0 Å². The van der Waals surface area contributed by atoms with Crippen LogP contribution in [0.5, 0.6) is 0 Å². The summed E-state index contributed by atoms with van der Waals surface area (Å²) in [5.74, 6) is 0. The first-order chi connectivity index (χ1) is 8.09. The quantitative estimate of drug-likeness (QED) is 0.801. The summed E-state index contributed by atoms with van der Waals surface area (Å²) in [4.78, 5) is 1.40. The largest absolute Gasteiger partial charge is 0.266 e. The van der Waals surface area contributed by atoms with Gasteiger partial charge in [0.2, 0.25) is 0 Å². The summed E-state index contributed by atoms with van der Waals surface area (Å²) in [5, 5.41) is 0. The van der Waals surface area contributed by atoms with E-state index in [0.717, 1.165) is 0 Å². The summed E-state index contributed by atoms with van der Waals surface area (Å²) in [6.07, 6.45) is 0. The van der Waals surface area contributed by atoms with Gasteiger partial charge in [0.05, 0.1) is 5.54 Å². The van der Waals surface area contributed by atoms with Crippen LogP contribution < -0.4 is 4.90 Å². The Morgan fingerprint density at radius 2 is 1.00 bits per heavy atom. The van der Waals surface area contributed by atoms with Gasteiger partial charge in [0.25, 0.3) is 0 Å². The van der Waals surface area contributed by atoms with Crippen LogP contribution >= 0.6 is 0 Å². The van der Waals surface area contributed by atoms with Crippen molar-refractivity contribution in [3.8, 4) is 0 Å². The van der Waals surface area contributed by atoms with E-state index >= 15 is 0 Å². The van der Waals surface area contributed by atoms with E-state index in [4.69, 9.17) is 0 Å². The number of hydrogen-bond acceptors (Lipinski definition) is 0. The van der Waals surface area contributed by atoms with Crippen LogP contribution in [-0.2, 0) is 0 Å². The molecule has 0 aliphatic rings. The van der Waals surface area contributed by atoms with Gasteiger partial charge in [-0.25, -0.2) is 0 Å². The first kappa shape index (κ1) is 11.9. The molecule has 0 aliphatic carbocycles. The highest BCUT2D eigenvalue weighted by Crippen LogP contribution is 2.12. The molecule has 0 aliphatic heterocycles. The minimum Gasteiger partial charge on any atom is -0.266 e. The van der Waals surface area contributed by atoms with Crippen molar-refractivity contribution in [2.24, 2.45) is 0 Å². The van der Waals surface area contributed by atoms with Gasteiger partial charge in [-0.15, -0.1) is 0 Å². The van der Waals surface area contributed by atoms with Crippen LogP contribution in [0.2, 0.25) is 0 Å². The van der Waals surface area contributed by atoms with Gasteiger partial charge in [0.1, 0.15) is 11.4 Å². The van der Waals surface area contributed by atoms with E-state index in [-0.39, 0.29) is 5.54 Å². The second-order valence-corrected chi connectivity index (χ2v) is 5.36. The average Bonchev–Trinajstić information content (AvgIpc) is 2.30. The molecule has 0 fully saturated rings. The van der Waals surface area contributed by atoms with Crippen molar-refractivity contribution in [1.29, 1.82) is 0 Å². The molecule has 0 radical (unpaired) electrons. The molecular weight excluding hydrogens is 206 g/mol. The molecule has 2 aromatic carbocycles. The SMILES string of the molecule is CC(C)(C)[NH+](c1ccccc1)c1ccccc1. The third-order valence-electron chi connectivity index (χ3n) is 2.87. The standard InChI is InChI=1S/C16H19N/c1-16(2,3)17(14-10-6-4-7-11-14)15-12-8-5-9-13-15/h4-13H,1-3H3/p+1. The number of quaternary nitrogens is 1. The van der Waals surface area contributed by atoms with Crippen molar-refractivity contribution in [3.05, 3.63) is 60.7 Å². The lowest BCUT2D eigenvalue weighted by Gasteiger charge is -2.31. The van der Waals surface area contributed by atoms with Gasteiger partial charge in [-0.3, -0.25) is 4.90 Å². The predicted octanol–water partition coefficient (Wildman–Crippen LogP) is 3.33. The minimum atomic E-state index is 0.142. The summed E-state index contributed by atoms with van der Waals surface area (Å²) in [5.41, 5.74) is 2.76. The molecule has 88 valence electrons. The summed E-state index contributed by atoms with van der Waals surface area (Å²) in [7, 11) is 0. The Hall–Kier alpha value is -1.60. The van der Waals surface area contributed by atoms with Gasteiger partial charge in [-0.2, -0.15) is 0 Å². The average molecular weight is 226 g/mol. The Morgan fingerprint density at radius 1 is 0.647 bits per heavy atom. The van der Waals surface area contributed by atoms with E-state index in [9.17, 15) is 0 Å². The van der Waals surface area contributed by atoms with Crippen molar-refractivity contribution in [3.63, 3.8) is 0 Å². The van der Waals surface area contributed by atoms with Gasteiger partial charge >= 0.3 is 0 Å². The molecule has 1 nitrogen and oxygen atoms in total. The summed E-state index contributed by atoms with van der Waals surface area (Å²) in [6.45, 7) is 6.80. The molecule has 0 amide bonds. The third-order valence-corrected chi connectivity index (χ3v) is 2.87. The molecule has 0 atom stereocenters. The summed E-state index contributed by atoms with van der Waals surface area (Å²) >= 11 is 0. The summed E-state index contributed by atoms with van der Waals surface area (Å²) < 4.78 is 0. The predicted molar refractivity (Wildman–Crippen MR) is 72.9 cm³/mol. The van der Waals surface area contributed by atoms with Crippen molar-refractivity contribution in [2.45, 2.75) is 26.3 Å². The molecule has 0 heterocycles. The lowest BCUT2D eigenvalue weighted by Crippen LogP contribution is -3.10. The van der Waals surface area contributed by atoms with Gasteiger partial charge in [-0.1, -0.05) is 36.4 Å². The lowest BCUT2D eigenvalue weighted by molar-refractivity contribution is -0.817. The molecule has 0 saturated carbocycles. The highest BCUT2D eigenvalue weighted by atomic mass is 15.2. The summed E-state index contributed by atoms with van der Waals surface area (Å²) in [6, 6.07) is 21.3. The van der Waals surface area contributed by atoms with Crippen LogP contribution in [-0.4, -0.2) is 5.54 Å². The molecule has 2 rings (SSSR count). The fourth-order valence-corrected chi connectivity index (χ4v) is 2.24.